The number of nitrogen functional groups attached to an aromatic ring is 1. The number of aromatic nitrogens is 3. The molecule has 1 saturated carbocycles. The van der Waals surface area contributed by atoms with E-state index in [2.05, 4.69) is 25.2 Å². The second-order valence-corrected chi connectivity index (χ2v) is 8.00. The molecule has 2 heterocycles. The van der Waals surface area contributed by atoms with Gasteiger partial charge in [0.15, 0.2) is 5.82 Å². The first kappa shape index (κ1) is 20.2. The van der Waals surface area contributed by atoms with Crippen LogP contribution in [0.15, 0.2) is 36.8 Å². The summed E-state index contributed by atoms with van der Waals surface area (Å²) in [5.74, 6) is 1.14. The first-order chi connectivity index (χ1) is 14.5. The SMILES string of the molecule is CCNc1ncnc2c(NC(=O)c3ccc(N)cc3)cn(CC3CCC(N)CC3)c12. The summed E-state index contributed by atoms with van der Waals surface area (Å²) in [5, 5.41) is 6.34. The minimum absolute atomic E-state index is 0.193. The molecule has 8 heteroatoms. The molecule has 0 radical (unpaired) electrons. The average Bonchev–Trinajstić information content (AvgIpc) is 3.08. The topological polar surface area (TPSA) is 124 Å². The van der Waals surface area contributed by atoms with Gasteiger partial charge >= 0.3 is 0 Å². The molecule has 0 bridgehead atoms. The number of benzene rings is 1. The van der Waals surface area contributed by atoms with Crippen LogP contribution in [0, 0.1) is 5.92 Å². The minimum atomic E-state index is -0.193. The fraction of sp³-hybridized carbons (Fsp3) is 0.409. The van der Waals surface area contributed by atoms with Crippen LogP contribution in [0.3, 0.4) is 0 Å². The van der Waals surface area contributed by atoms with Crippen molar-refractivity contribution >= 4 is 34.1 Å². The third-order valence-electron chi connectivity index (χ3n) is 5.76. The van der Waals surface area contributed by atoms with Crippen LogP contribution in [-0.4, -0.2) is 33.0 Å². The van der Waals surface area contributed by atoms with Gasteiger partial charge in [-0.25, -0.2) is 9.97 Å². The zero-order valence-corrected chi connectivity index (χ0v) is 17.3. The number of carbonyl (C=O) groups is 1. The van der Waals surface area contributed by atoms with Gasteiger partial charge in [0.25, 0.3) is 5.91 Å². The molecular weight excluding hydrogens is 378 g/mol. The summed E-state index contributed by atoms with van der Waals surface area (Å²) >= 11 is 0. The van der Waals surface area contributed by atoms with Crippen LogP contribution in [-0.2, 0) is 6.54 Å². The number of carbonyl (C=O) groups excluding carboxylic acids is 1. The van der Waals surface area contributed by atoms with Crippen molar-refractivity contribution in [2.24, 2.45) is 11.7 Å². The van der Waals surface area contributed by atoms with Crippen LogP contribution in [0.1, 0.15) is 43.0 Å². The normalized spacial score (nSPS) is 19.0. The minimum Gasteiger partial charge on any atom is -0.399 e. The predicted molar refractivity (Wildman–Crippen MR) is 120 cm³/mol. The number of amides is 1. The molecule has 1 aromatic carbocycles. The van der Waals surface area contributed by atoms with Crippen molar-refractivity contribution in [3.63, 3.8) is 0 Å². The fourth-order valence-corrected chi connectivity index (χ4v) is 4.14. The number of nitrogens with one attached hydrogen (secondary N) is 2. The van der Waals surface area contributed by atoms with Crippen molar-refractivity contribution < 1.29 is 4.79 Å². The van der Waals surface area contributed by atoms with Gasteiger partial charge < -0.3 is 26.7 Å². The molecule has 3 aromatic rings. The van der Waals surface area contributed by atoms with Crippen LogP contribution in [0.4, 0.5) is 17.2 Å². The third kappa shape index (κ3) is 4.23. The van der Waals surface area contributed by atoms with E-state index in [4.69, 9.17) is 11.5 Å². The lowest BCUT2D eigenvalue weighted by Crippen LogP contribution is -2.28. The molecule has 2 aromatic heterocycles. The number of anilines is 3. The average molecular weight is 408 g/mol. The highest BCUT2D eigenvalue weighted by atomic mass is 16.1. The molecule has 8 nitrogen and oxygen atoms in total. The van der Waals surface area contributed by atoms with E-state index >= 15 is 0 Å². The molecule has 1 fully saturated rings. The first-order valence-electron chi connectivity index (χ1n) is 10.5. The Hall–Kier alpha value is -3.13. The molecule has 0 unspecified atom stereocenters. The van der Waals surface area contributed by atoms with Gasteiger partial charge in [0, 0.05) is 36.6 Å². The maximum absolute atomic E-state index is 12.8. The molecule has 1 amide bonds. The zero-order chi connectivity index (χ0) is 21.1. The van der Waals surface area contributed by atoms with Crippen LogP contribution in [0.5, 0.6) is 0 Å². The Morgan fingerprint density at radius 3 is 2.60 bits per heavy atom. The molecule has 1 aliphatic carbocycles. The lowest BCUT2D eigenvalue weighted by atomic mass is 9.86. The van der Waals surface area contributed by atoms with Crippen molar-refractivity contribution in [2.75, 3.05) is 22.9 Å². The third-order valence-corrected chi connectivity index (χ3v) is 5.76. The van der Waals surface area contributed by atoms with E-state index in [1.54, 1.807) is 24.3 Å². The summed E-state index contributed by atoms with van der Waals surface area (Å²) in [7, 11) is 0. The molecule has 158 valence electrons. The number of fused-ring (bicyclic) bond motifs is 1. The van der Waals surface area contributed by atoms with Gasteiger partial charge in [-0.3, -0.25) is 4.79 Å². The van der Waals surface area contributed by atoms with Crippen molar-refractivity contribution in [2.45, 2.75) is 45.2 Å². The molecule has 6 N–H and O–H groups in total. The maximum atomic E-state index is 12.8. The summed E-state index contributed by atoms with van der Waals surface area (Å²) in [5.41, 5.74) is 15.3. The van der Waals surface area contributed by atoms with E-state index in [0.29, 0.717) is 28.9 Å². The van der Waals surface area contributed by atoms with E-state index in [1.165, 1.54) is 6.33 Å². The van der Waals surface area contributed by atoms with E-state index in [1.807, 2.05) is 13.1 Å². The molecule has 30 heavy (non-hydrogen) atoms. The Morgan fingerprint density at radius 2 is 1.90 bits per heavy atom. The predicted octanol–water partition coefficient (Wildman–Crippen LogP) is 3.22. The summed E-state index contributed by atoms with van der Waals surface area (Å²) in [4.78, 5) is 21.7. The number of hydrogen-bond donors (Lipinski definition) is 4. The van der Waals surface area contributed by atoms with E-state index in [9.17, 15) is 4.79 Å². The molecule has 0 spiro atoms. The summed E-state index contributed by atoms with van der Waals surface area (Å²) in [6, 6.07) is 7.19. The smallest absolute Gasteiger partial charge is 0.255 e. The Kier molecular flexibility index (Phi) is 5.85. The van der Waals surface area contributed by atoms with Crippen molar-refractivity contribution in [3.05, 3.63) is 42.4 Å². The van der Waals surface area contributed by atoms with Gasteiger partial charge in [0.2, 0.25) is 0 Å². The second kappa shape index (κ2) is 8.71. The Bertz CT molecular complexity index is 1020. The van der Waals surface area contributed by atoms with Crippen LogP contribution >= 0.6 is 0 Å². The largest absolute Gasteiger partial charge is 0.399 e. The van der Waals surface area contributed by atoms with Gasteiger partial charge in [-0.15, -0.1) is 0 Å². The number of rotatable bonds is 6. The standard InChI is InChI=1S/C22H29N7O/c1-2-25-21-20-19(26-13-27-21)18(28-22(30)15-5-9-17(24)10-6-15)12-29(20)11-14-3-7-16(23)8-4-14/h5-6,9-10,12-14,16H,2-4,7-8,11,23-24H2,1H3,(H,28,30)(H,25,26,27). The Morgan fingerprint density at radius 1 is 1.17 bits per heavy atom. The number of nitrogens with zero attached hydrogens (tertiary/aromatic N) is 3. The molecule has 0 saturated heterocycles. The summed E-state index contributed by atoms with van der Waals surface area (Å²) in [6.45, 7) is 3.64. The molecule has 0 atom stereocenters. The van der Waals surface area contributed by atoms with E-state index in [0.717, 1.165) is 55.6 Å². The molecular formula is C22H29N7O. The molecule has 1 aliphatic rings. The quantitative estimate of drug-likeness (QED) is 0.465. The number of nitrogens with two attached hydrogens (primary N) is 2. The highest BCUT2D eigenvalue weighted by Gasteiger charge is 2.22. The van der Waals surface area contributed by atoms with Crippen molar-refractivity contribution in [1.29, 1.82) is 0 Å². The van der Waals surface area contributed by atoms with Gasteiger partial charge in [-0.2, -0.15) is 0 Å². The Labute approximate surface area is 176 Å². The van der Waals surface area contributed by atoms with Gasteiger partial charge in [-0.05, 0) is 62.8 Å². The maximum Gasteiger partial charge on any atom is 0.255 e. The van der Waals surface area contributed by atoms with Crippen LogP contribution in [0.2, 0.25) is 0 Å². The van der Waals surface area contributed by atoms with Crippen LogP contribution in [0.25, 0.3) is 11.0 Å². The van der Waals surface area contributed by atoms with E-state index in [-0.39, 0.29) is 5.91 Å². The Balaban J connectivity index is 1.66. The zero-order valence-electron chi connectivity index (χ0n) is 17.3. The second-order valence-electron chi connectivity index (χ2n) is 8.00. The lowest BCUT2D eigenvalue weighted by molar-refractivity contribution is 0.102. The fourth-order valence-electron chi connectivity index (χ4n) is 4.14. The first-order valence-corrected chi connectivity index (χ1v) is 10.5. The van der Waals surface area contributed by atoms with Crippen LogP contribution < -0.4 is 22.1 Å². The van der Waals surface area contributed by atoms with Gasteiger partial charge in [-0.1, -0.05) is 0 Å². The van der Waals surface area contributed by atoms with Gasteiger partial charge in [0.05, 0.1) is 5.69 Å². The molecule has 4 rings (SSSR count). The summed E-state index contributed by atoms with van der Waals surface area (Å²) in [6.07, 6.45) is 7.84. The van der Waals surface area contributed by atoms with Crippen molar-refractivity contribution in [1.82, 2.24) is 14.5 Å². The highest BCUT2D eigenvalue weighted by molar-refractivity contribution is 6.09. The molecule has 0 aliphatic heterocycles. The van der Waals surface area contributed by atoms with Gasteiger partial charge in [0.1, 0.15) is 17.4 Å². The monoisotopic (exact) mass is 407 g/mol. The highest BCUT2D eigenvalue weighted by Crippen LogP contribution is 2.32. The van der Waals surface area contributed by atoms with E-state index < -0.39 is 0 Å². The lowest BCUT2D eigenvalue weighted by Gasteiger charge is -2.26. The summed E-state index contributed by atoms with van der Waals surface area (Å²) < 4.78 is 2.17. The number of hydrogen-bond acceptors (Lipinski definition) is 6. The van der Waals surface area contributed by atoms with Crippen molar-refractivity contribution in [3.8, 4) is 0 Å².